The van der Waals surface area contributed by atoms with E-state index in [2.05, 4.69) is 87.7 Å². The van der Waals surface area contributed by atoms with Crippen molar-refractivity contribution < 1.29 is 9.53 Å². The number of carbonyl (C=O) groups excluding carboxylic acids is 1. The van der Waals surface area contributed by atoms with Crippen LogP contribution in [-0.2, 0) is 0 Å². The molecule has 0 amide bonds. The molecule has 4 heterocycles. The van der Waals surface area contributed by atoms with Crippen LogP contribution in [0, 0.1) is 5.41 Å². The summed E-state index contributed by atoms with van der Waals surface area (Å²) in [6.07, 6.45) is 13.0. The summed E-state index contributed by atoms with van der Waals surface area (Å²) in [5.41, 5.74) is 12.9. The lowest BCUT2D eigenvalue weighted by Crippen LogP contribution is -2.60. The molecule has 1 saturated carbocycles. The summed E-state index contributed by atoms with van der Waals surface area (Å²) in [7, 11) is 0. The smallest absolute Gasteiger partial charge is 0.153 e. The molecule has 9 nitrogen and oxygen atoms in total. The normalized spacial score (nSPS) is 20.5. The van der Waals surface area contributed by atoms with Crippen LogP contribution in [0.3, 0.4) is 0 Å². The van der Waals surface area contributed by atoms with Crippen molar-refractivity contribution in [2.24, 2.45) is 16.1 Å². The summed E-state index contributed by atoms with van der Waals surface area (Å²) in [6, 6.07) is 20.2. The lowest BCUT2D eigenvalue weighted by atomic mass is 9.59. The predicted molar refractivity (Wildman–Crippen MR) is 207 cm³/mol. The topological polar surface area (TPSA) is 103 Å². The van der Waals surface area contributed by atoms with Crippen LogP contribution in [0.1, 0.15) is 86.8 Å². The Morgan fingerprint density at radius 1 is 1.06 bits per heavy atom. The molecule has 7 rings (SSSR count). The number of nitrogens with one attached hydrogen (secondary N) is 1. The fourth-order valence-electron chi connectivity index (χ4n) is 8.52. The number of fused-ring (bicyclic) bond motifs is 1. The first-order valence-corrected chi connectivity index (χ1v) is 18.7. The Morgan fingerprint density at radius 2 is 1.86 bits per heavy atom. The first-order valence-electron chi connectivity index (χ1n) is 18.7. The van der Waals surface area contributed by atoms with E-state index in [0.717, 1.165) is 67.8 Å². The summed E-state index contributed by atoms with van der Waals surface area (Å²) < 4.78 is 6.23. The number of aldehydes is 1. The number of aromatic amines is 1. The van der Waals surface area contributed by atoms with Crippen LogP contribution < -0.4 is 15.4 Å². The van der Waals surface area contributed by atoms with E-state index in [-0.39, 0.29) is 6.04 Å². The Hall–Kier alpha value is -4.47. The maximum absolute atomic E-state index is 11.9. The molecular formula is C42H53N7O2. The molecule has 268 valence electrons. The summed E-state index contributed by atoms with van der Waals surface area (Å²) in [6.45, 7) is 14.7. The van der Waals surface area contributed by atoms with Crippen molar-refractivity contribution in [3.05, 3.63) is 95.5 Å². The van der Waals surface area contributed by atoms with Crippen LogP contribution in [0.15, 0.2) is 83.8 Å². The molecule has 3 fully saturated rings. The van der Waals surface area contributed by atoms with Gasteiger partial charge in [0.15, 0.2) is 6.29 Å². The lowest BCUT2D eigenvalue weighted by Gasteiger charge is -2.58. The third-order valence-electron chi connectivity index (χ3n) is 11.4. The van der Waals surface area contributed by atoms with Gasteiger partial charge >= 0.3 is 0 Å². The minimum absolute atomic E-state index is 0.254. The summed E-state index contributed by atoms with van der Waals surface area (Å²) in [4.78, 5) is 32.0. The van der Waals surface area contributed by atoms with Crippen LogP contribution in [0.5, 0.6) is 11.5 Å². The molecule has 2 aromatic carbocycles. The number of nitrogens with zero attached hydrogens (tertiary/aromatic N) is 5. The zero-order chi connectivity index (χ0) is 35.5. The van der Waals surface area contributed by atoms with Crippen molar-refractivity contribution >= 4 is 29.2 Å². The minimum atomic E-state index is 0.254. The van der Waals surface area contributed by atoms with Crippen molar-refractivity contribution in [3.8, 4) is 11.5 Å². The van der Waals surface area contributed by atoms with Crippen molar-refractivity contribution in [1.82, 2.24) is 19.8 Å². The van der Waals surface area contributed by atoms with Crippen molar-refractivity contribution in [1.29, 1.82) is 0 Å². The molecule has 3 aliphatic rings. The first kappa shape index (κ1) is 35.0. The van der Waals surface area contributed by atoms with E-state index >= 15 is 0 Å². The van der Waals surface area contributed by atoms with Crippen molar-refractivity contribution in [3.63, 3.8) is 0 Å². The highest BCUT2D eigenvalue weighted by Gasteiger charge is 2.50. The zero-order valence-corrected chi connectivity index (χ0v) is 30.6. The van der Waals surface area contributed by atoms with Crippen LogP contribution >= 0.6 is 0 Å². The standard InChI is InChI=1S/C42H53N7O2/c1-29(2)37-7-5-6-8-38(37)39-27-47(26-31(23-43)24-45-30(3)4)17-18-49(39)35-21-42(22-35)12-15-48(16-13-42)34-10-9-33(28-50)40(20-34)51-36-19-32-11-14-44-41(32)46-25-36/h5-11,14,19-20,23-25,28-30,35,39H,12-13,15-18,21-22,26-27,43H2,1-4H3,(H,44,46). The van der Waals surface area contributed by atoms with Gasteiger partial charge in [-0.3, -0.25) is 19.6 Å². The Morgan fingerprint density at radius 3 is 2.61 bits per heavy atom. The number of anilines is 1. The van der Waals surface area contributed by atoms with E-state index in [1.807, 2.05) is 36.7 Å². The summed E-state index contributed by atoms with van der Waals surface area (Å²) >= 11 is 0. The van der Waals surface area contributed by atoms with Crippen LogP contribution in [0.25, 0.3) is 11.0 Å². The molecule has 2 saturated heterocycles. The SMILES string of the molecule is CC(C)N=CC(=CN)CN1CCN(C2CC3(CCN(c4ccc(C=O)c(Oc5cnc6[nH]ccc6c5)c4)CC3)C2)C(c2ccccc2C(C)C)C1. The van der Waals surface area contributed by atoms with Gasteiger partial charge in [-0.15, -0.1) is 0 Å². The number of pyridine rings is 1. The van der Waals surface area contributed by atoms with Crippen molar-refractivity contribution in [2.75, 3.05) is 44.2 Å². The van der Waals surface area contributed by atoms with Crippen LogP contribution in [0.4, 0.5) is 5.69 Å². The highest BCUT2D eigenvalue weighted by atomic mass is 16.5. The Labute approximate surface area is 302 Å². The maximum atomic E-state index is 11.9. The number of piperazine rings is 1. The number of nitrogens with two attached hydrogens (primary N) is 1. The number of hydrogen-bond acceptors (Lipinski definition) is 8. The molecule has 0 radical (unpaired) electrons. The van der Waals surface area contributed by atoms with Gasteiger partial charge in [-0.2, -0.15) is 0 Å². The second-order valence-electron chi connectivity index (χ2n) is 15.5. The highest BCUT2D eigenvalue weighted by molar-refractivity contribution is 5.82. The molecular weight excluding hydrogens is 635 g/mol. The van der Waals surface area contributed by atoms with Crippen LogP contribution in [0.2, 0.25) is 0 Å². The average molecular weight is 688 g/mol. The fourth-order valence-corrected chi connectivity index (χ4v) is 8.52. The molecule has 1 unspecified atom stereocenters. The number of carbonyl (C=O) groups is 1. The number of benzene rings is 2. The van der Waals surface area contributed by atoms with Gasteiger partial charge in [0.2, 0.25) is 0 Å². The number of hydrogen-bond donors (Lipinski definition) is 2. The van der Waals surface area contributed by atoms with E-state index in [1.165, 1.54) is 36.8 Å². The van der Waals surface area contributed by atoms with Crippen LogP contribution in [-0.4, -0.2) is 83.6 Å². The zero-order valence-electron chi connectivity index (χ0n) is 30.6. The minimum Gasteiger partial charge on any atom is -0.455 e. The van der Waals surface area contributed by atoms with Crippen molar-refractivity contribution in [2.45, 2.75) is 77.4 Å². The van der Waals surface area contributed by atoms with Gasteiger partial charge in [0, 0.05) is 86.9 Å². The second-order valence-corrected chi connectivity index (χ2v) is 15.5. The molecule has 1 atom stereocenters. The molecule has 2 aromatic heterocycles. The monoisotopic (exact) mass is 687 g/mol. The maximum Gasteiger partial charge on any atom is 0.153 e. The lowest BCUT2D eigenvalue weighted by molar-refractivity contribution is -0.0603. The van der Waals surface area contributed by atoms with Gasteiger partial charge in [0.25, 0.3) is 0 Å². The molecule has 4 aromatic rings. The predicted octanol–water partition coefficient (Wildman–Crippen LogP) is 7.72. The van der Waals surface area contributed by atoms with E-state index in [9.17, 15) is 4.79 Å². The van der Waals surface area contributed by atoms with Gasteiger partial charge in [-0.25, -0.2) is 4.98 Å². The third kappa shape index (κ3) is 7.60. The molecule has 1 spiro atoms. The Balaban J connectivity index is 1.02. The summed E-state index contributed by atoms with van der Waals surface area (Å²) in [5.74, 6) is 1.65. The Bertz CT molecular complexity index is 1880. The average Bonchev–Trinajstić information content (AvgIpc) is 3.60. The number of aliphatic imine (C=N–C) groups is 1. The Kier molecular flexibility index (Phi) is 10.3. The van der Waals surface area contributed by atoms with Gasteiger partial charge < -0.3 is 20.4 Å². The number of aromatic nitrogens is 2. The molecule has 3 N–H and O–H groups in total. The van der Waals surface area contributed by atoms with Gasteiger partial charge in [0.05, 0.1) is 11.8 Å². The fraction of sp³-hybridized carbons (Fsp3) is 0.452. The number of ether oxygens (including phenoxy) is 1. The first-order chi connectivity index (χ1) is 24.7. The van der Waals surface area contributed by atoms with E-state index in [4.69, 9.17) is 10.5 Å². The molecule has 2 aliphatic heterocycles. The van der Waals surface area contributed by atoms with E-state index in [0.29, 0.717) is 40.5 Å². The number of H-pyrrole nitrogens is 1. The van der Waals surface area contributed by atoms with E-state index < -0.39 is 0 Å². The second kappa shape index (κ2) is 15.0. The summed E-state index contributed by atoms with van der Waals surface area (Å²) in [5, 5.41) is 0.971. The number of piperidine rings is 1. The highest BCUT2D eigenvalue weighted by Crippen LogP contribution is 2.53. The van der Waals surface area contributed by atoms with Gasteiger partial charge in [-0.1, -0.05) is 38.1 Å². The van der Waals surface area contributed by atoms with Gasteiger partial charge in [-0.05, 0) is 98.0 Å². The molecule has 1 aliphatic carbocycles. The molecule has 9 heteroatoms. The van der Waals surface area contributed by atoms with E-state index in [1.54, 1.807) is 12.4 Å². The molecule has 0 bridgehead atoms. The quantitative estimate of drug-likeness (QED) is 0.123. The third-order valence-corrected chi connectivity index (χ3v) is 11.4. The number of rotatable bonds is 11. The molecule has 51 heavy (non-hydrogen) atoms. The van der Waals surface area contributed by atoms with Gasteiger partial charge in [0.1, 0.15) is 17.1 Å². The largest absolute Gasteiger partial charge is 0.455 e.